The summed E-state index contributed by atoms with van der Waals surface area (Å²) in [6.07, 6.45) is 0. The SMILES string of the molecule is Cc1cc(Cl)ccc1OCC(=O)N1C(C)SCC1C(=O)O. The van der Waals surface area contributed by atoms with E-state index >= 15 is 0 Å². The quantitative estimate of drug-likeness (QED) is 0.918. The van der Waals surface area contributed by atoms with Crippen molar-refractivity contribution in [3.63, 3.8) is 0 Å². The van der Waals surface area contributed by atoms with E-state index in [1.807, 2.05) is 13.8 Å². The Hall–Kier alpha value is -1.40. The molecule has 1 fully saturated rings. The molecule has 2 unspecified atom stereocenters. The van der Waals surface area contributed by atoms with E-state index in [0.29, 0.717) is 16.5 Å². The minimum atomic E-state index is -0.983. The standard InChI is InChI=1S/C14H16ClNO4S/c1-8-5-10(15)3-4-12(8)20-6-13(17)16-9(2)21-7-11(16)14(18)19/h3-5,9,11H,6-7H2,1-2H3,(H,18,19). The highest BCUT2D eigenvalue weighted by Gasteiger charge is 2.39. The van der Waals surface area contributed by atoms with Gasteiger partial charge in [0.1, 0.15) is 11.8 Å². The van der Waals surface area contributed by atoms with Crippen molar-refractivity contribution in [1.29, 1.82) is 0 Å². The second-order valence-electron chi connectivity index (χ2n) is 4.79. The molecule has 1 aliphatic heterocycles. The van der Waals surface area contributed by atoms with Gasteiger partial charge in [-0.15, -0.1) is 11.8 Å². The molecule has 1 aromatic carbocycles. The summed E-state index contributed by atoms with van der Waals surface area (Å²) in [5, 5.41) is 9.59. The first-order valence-electron chi connectivity index (χ1n) is 6.44. The van der Waals surface area contributed by atoms with Crippen LogP contribution in [-0.4, -0.2) is 45.7 Å². The molecule has 0 radical (unpaired) electrons. The highest BCUT2D eigenvalue weighted by molar-refractivity contribution is 8.00. The molecule has 21 heavy (non-hydrogen) atoms. The van der Waals surface area contributed by atoms with Gasteiger partial charge in [-0.05, 0) is 37.6 Å². The molecule has 114 valence electrons. The summed E-state index contributed by atoms with van der Waals surface area (Å²) in [5.41, 5.74) is 0.828. The van der Waals surface area contributed by atoms with Gasteiger partial charge in [-0.25, -0.2) is 4.79 Å². The van der Waals surface area contributed by atoms with Crippen LogP contribution in [0.3, 0.4) is 0 Å². The molecule has 2 atom stereocenters. The van der Waals surface area contributed by atoms with Crippen LogP contribution >= 0.6 is 23.4 Å². The zero-order chi connectivity index (χ0) is 15.6. The average molecular weight is 330 g/mol. The van der Waals surface area contributed by atoms with Gasteiger partial charge in [-0.2, -0.15) is 0 Å². The fourth-order valence-electron chi connectivity index (χ4n) is 2.20. The Labute approximate surface area is 132 Å². The molecular weight excluding hydrogens is 314 g/mol. The third-order valence-electron chi connectivity index (χ3n) is 3.28. The van der Waals surface area contributed by atoms with Crippen molar-refractivity contribution in [2.75, 3.05) is 12.4 Å². The van der Waals surface area contributed by atoms with Crippen LogP contribution in [0.15, 0.2) is 18.2 Å². The van der Waals surface area contributed by atoms with Crippen LogP contribution in [0, 0.1) is 6.92 Å². The Morgan fingerprint density at radius 3 is 2.86 bits per heavy atom. The number of carboxylic acids is 1. The number of halogens is 1. The van der Waals surface area contributed by atoms with Crippen molar-refractivity contribution >= 4 is 35.2 Å². The van der Waals surface area contributed by atoms with Crippen LogP contribution in [0.1, 0.15) is 12.5 Å². The molecule has 2 rings (SSSR count). The number of rotatable bonds is 4. The van der Waals surface area contributed by atoms with Gasteiger partial charge < -0.3 is 14.7 Å². The molecule has 1 amide bonds. The molecular formula is C14H16ClNO4S. The molecule has 0 spiro atoms. The van der Waals surface area contributed by atoms with Crippen LogP contribution in [0.5, 0.6) is 5.75 Å². The van der Waals surface area contributed by atoms with Crippen molar-refractivity contribution in [3.8, 4) is 5.75 Å². The van der Waals surface area contributed by atoms with E-state index < -0.39 is 12.0 Å². The first kappa shape index (κ1) is 16.0. The Balaban J connectivity index is 2.02. The smallest absolute Gasteiger partial charge is 0.327 e. The van der Waals surface area contributed by atoms with Gasteiger partial charge in [-0.1, -0.05) is 11.6 Å². The molecule has 0 aliphatic carbocycles. The van der Waals surface area contributed by atoms with Crippen molar-refractivity contribution in [3.05, 3.63) is 28.8 Å². The number of aliphatic carboxylic acids is 1. The largest absolute Gasteiger partial charge is 0.483 e. The van der Waals surface area contributed by atoms with Crippen molar-refractivity contribution < 1.29 is 19.4 Å². The maximum absolute atomic E-state index is 12.2. The summed E-state index contributed by atoms with van der Waals surface area (Å²) in [7, 11) is 0. The van der Waals surface area contributed by atoms with Gasteiger partial charge in [0, 0.05) is 10.8 Å². The van der Waals surface area contributed by atoms with Crippen LogP contribution < -0.4 is 4.74 Å². The number of benzene rings is 1. The number of carboxylic acid groups (broad SMARTS) is 1. The highest BCUT2D eigenvalue weighted by atomic mass is 35.5. The second-order valence-corrected chi connectivity index (χ2v) is 6.57. The number of amides is 1. The first-order chi connectivity index (χ1) is 9.90. The minimum absolute atomic E-state index is 0.159. The van der Waals surface area contributed by atoms with E-state index in [-0.39, 0.29) is 17.9 Å². The number of nitrogens with zero attached hydrogens (tertiary/aromatic N) is 1. The van der Waals surface area contributed by atoms with Crippen molar-refractivity contribution in [2.45, 2.75) is 25.3 Å². The Morgan fingerprint density at radius 1 is 1.52 bits per heavy atom. The number of aryl methyl sites for hydroxylation is 1. The van der Waals surface area contributed by atoms with Gasteiger partial charge >= 0.3 is 5.97 Å². The lowest BCUT2D eigenvalue weighted by Gasteiger charge is -2.25. The Bertz CT molecular complexity index is 566. The lowest BCUT2D eigenvalue weighted by Crippen LogP contribution is -2.46. The third-order valence-corrected chi connectivity index (χ3v) is 4.74. The zero-order valence-electron chi connectivity index (χ0n) is 11.7. The fourth-order valence-corrected chi connectivity index (χ4v) is 3.62. The van der Waals surface area contributed by atoms with Crippen molar-refractivity contribution in [2.24, 2.45) is 0 Å². The van der Waals surface area contributed by atoms with Crippen LogP contribution in [0.25, 0.3) is 0 Å². The molecule has 1 heterocycles. The summed E-state index contributed by atoms with van der Waals surface area (Å²) in [6, 6.07) is 4.34. The maximum Gasteiger partial charge on any atom is 0.327 e. The summed E-state index contributed by atoms with van der Waals surface area (Å²) in [6.45, 7) is 3.47. The van der Waals surface area contributed by atoms with Crippen LogP contribution in [0.2, 0.25) is 5.02 Å². The van der Waals surface area contributed by atoms with Crippen molar-refractivity contribution in [1.82, 2.24) is 4.90 Å². The second kappa shape index (κ2) is 6.58. The topological polar surface area (TPSA) is 66.8 Å². The summed E-state index contributed by atoms with van der Waals surface area (Å²) < 4.78 is 5.49. The van der Waals surface area contributed by atoms with Crippen LogP contribution in [-0.2, 0) is 9.59 Å². The lowest BCUT2D eigenvalue weighted by molar-refractivity contribution is -0.149. The van der Waals surface area contributed by atoms with Crippen LogP contribution in [0.4, 0.5) is 0 Å². The van der Waals surface area contributed by atoms with E-state index in [0.717, 1.165) is 5.56 Å². The summed E-state index contributed by atoms with van der Waals surface area (Å²) in [4.78, 5) is 24.8. The van der Waals surface area contributed by atoms with E-state index in [1.54, 1.807) is 18.2 Å². The maximum atomic E-state index is 12.2. The van der Waals surface area contributed by atoms with E-state index in [1.165, 1.54) is 16.7 Å². The van der Waals surface area contributed by atoms with E-state index in [9.17, 15) is 9.59 Å². The van der Waals surface area contributed by atoms with E-state index in [4.69, 9.17) is 21.4 Å². The van der Waals surface area contributed by atoms with Gasteiger partial charge in [0.25, 0.3) is 5.91 Å². The highest BCUT2D eigenvalue weighted by Crippen LogP contribution is 2.29. The molecule has 1 saturated heterocycles. The number of hydrogen-bond donors (Lipinski definition) is 1. The Morgan fingerprint density at radius 2 is 2.24 bits per heavy atom. The molecule has 0 saturated carbocycles. The number of carbonyl (C=O) groups excluding carboxylic acids is 1. The monoisotopic (exact) mass is 329 g/mol. The van der Waals surface area contributed by atoms with Gasteiger partial charge in [0.05, 0.1) is 5.37 Å². The predicted octanol–water partition coefficient (Wildman–Crippen LogP) is 2.40. The molecule has 0 aromatic heterocycles. The zero-order valence-corrected chi connectivity index (χ0v) is 13.3. The molecule has 0 bridgehead atoms. The number of thioether (sulfide) groups is 1. The lowest BCUT2D eigenvalue weighted by atomic mass is 10.2. The van der Waals surface area contributed by atoms with E-state index in [2.05, 4.69) is 0 Å². The number of carbonyl (C=O) groups is 2. The summed E-state index contributed by atoms with van der Waals surface area (Å²) >= 11 is 7.31. The molecule has 1 aromatic rings. The molecule has 5 nitrogen and oxygen atoms in total. The molecule has 1 N–H and O–H groups in total. The molecule has 1 aliphatic rings. The number of hydrogen-bond acceptors (Lipinski definition) is 4. The molecule has 7 heteroatoms. The summed E-state index contributed by atoms with van der Waals surface area (Å²) in [5.74, 6) is -0.335. The number of ether oxygens (including phenoxy) is 1. The average Bonchev–Trinajstić information content (AvgIpc) is 2.79. The Kier molecular flexibility index (Phi) is 5.00. The predicted molar refractivity (Wildman–Crippen MR) is 81.9 cm³/mol. The normalized spacial score (nSPS) is 21.4. The third kappa shape index (κ3) is 3.63. The first-order valence-corrected chi connectivity index (χ1v) is 7.87. The minimum Gasteiger partial charge on any atom is -0.483 e. The van der Waals surface area contributed by atoms with Gasteiger partial charge in [-0.3, -0.25) is 4.79 Å². The fraction of sp³-hybridized carbons (Fsp3) is 0.429. The van der Waals surface area contributed by atoms with Gasteiger partial charge in [0.15, 0.2) is 6.61 Å². The van der Waals surface area contributed by atoms with Gasteiger partial charge in [0.2, 0.25) is 0 Å².